The van der Waals surface area contributed by atoms with E-state index < -0.39 is 5.97 Å². The minimum absolute atomic E-state index is 0.0949. The highest BCUT2D eigenvalue weighted by Gasteiger charge is 2.17. The summed E-state index contributed by atoms with van der Waals surface area (Å²) in [6, 6.07) is 1.71. The summed E-state index contributed by atoms with van der Waals surface area (Å²) in [5.74, 6) is -0.500. The Labute approximate surface area is 91.0 Å². The molecular weight excluding hydrogens is 212 g/mol. The summed E-state index contributed by atoms with van der Waals surface area (Å²) in [6.45, 7) is 1.98. The average Bonchev–Trinajstić information content (AvgIpc) is 2.85. The number of aromatic nitrogens is 4. The maximum Gasteiger partial charge on any atom is 0.379 e. The lowest BCUT2D eigenvalue weighted by Gasteiger charge is -1.93. The third-order valence-corrected chi connectivity index (χ3v) is 1.82. The van der Waals surface area contributed by atoms with Crippen LogP contribution in [0.4, 0.5) is 0 Å². The second-order valence-corrected chi connectivity index (χ2v) is 3.02. The molecule has 0 unspecified atom stereocenters. The van der Waals surface area contributed by atoms with Gasteiger partial charge >= 0.3 is 5.97 Å². The summed E-state index contributed by atoms with van der Waals surface area (Å²) in [4.78, 5) is 15.1. The van der Waals surface area contributed by atoms with Crippen molar-refractivity contribution in [2.24, 2.45) is 7.05 Å². The van der Waals surface area contributed by atoms with E-state index in [2.05, 4.69) is 15.2 Å². The van der Waals surface area contributed by atoms with Crippen molar-refractivity contribution in [2.75, 3.05) is 6.61 Å². The van der Waals surface area contributed by atoms with Crippen molar-refractivity contribution in [1.29, 1.82) is 0 Å². The van der Waals surface area contributed by atoms with Crippen molar-refractivity contribution in [1.82, 2.24) is 19.9 Å². The van der Waals surface area contributed by atoms with E-state index in [0.29, 0.717) is 5.69 Å². The van der Waals surface area contributed by atoms with E-state index in [1.807, 2.05) is 0 Å². The zero-order valence-electron chi connectivity index (χ0n) is 8.88. The van der Waals surface area contributed by atoms with Gasteiger partial charge in [0.05, 0.1) is 6.61 Å². The zero-order valence-corrected chi connectivity index (χ0v) is 8.88. The van der Waals surface area contributed by atoms with E-state index in [1.165, 1.54) is 0 Å². The second-order valence-electron chi connectivity index (χ2n) is 3.02. The van der Waals surface area contributed by atoms with Crippen LogP contribution in [0, 0.1) is 0 Å². The Hall–Kier alpha value is -2.18. The number of carbonyl (C=O) groups is 1. The summed E-state index contributed by atoms with van der Waals surface area (Å²) in [5.41, 5.74) is 0.519. The van der Waals surface area contributed by atoms with Gasteiger partial charge in [-0.25, -0.2) is 4.79 Å². The SMILES string of the molecule is CCOC(=O)c1noc(-c2ccn(C)n2)n1. The van der Waals surface area contributed by atoms with Gasteiger partial charge < -0.3 is 9.26 Å². The number of hydrogen-bond donors (Lipinski definition) is 0. The summed E-state index contributed by atoms with van der Waals surface area (Å²) in [5, 5.41) is 7.58. The Kier molecular flexibility index (Phi) is 2.67. The van der Waals surface area contributed by atoms with Crippen LogP contribution < -0.4 is 0 Å². The van der Waals surface area contributed by atoms with Gasteiger partial charge in [0.25, 0.3) is 11.7 Å². The van der Waals surface area contributed by atoms with E-state index in [9.17, 15) is 4.79 Å². The molecule has 0 bridgehead atoms. The highest BCUT2D eigenvalue weighted by molar-refractivity contribution is 5.85. The molecule has 0 fully saturated rings. The third kappa shape index (κ3) is 1.92. The van der Waals surface area contributed by atoms with Gasteiger partial charge in [-0.3, -0.25) is 4.68 Å². The number of carbonyl (C=O) groups excluding carboxylic acids is 1. The average molecular weight is 222 g/mol. The fourth-order valence-electron chi connectivity index (χ4n) is 1.14. The summed E-state index contributed by atoms with van der Waals surface area (Å²) < 4.78 is 11.2. The van der Waals surface area contributed by atoms with E-state index in [-0.39, 0.29) is 18.3 Å². The fraction of sp³-hybridized carbons (Fsp3) is 0.333. The first-order chi connectivity index (χ1) is 7.70. The van der Waals surface area contributed by atoms with Crippen molar-refractivity contribution in [3.05, 3.63) is 18.1 Å². The van der Waals surface area contributed by atoms with Crippen LogP contribution in [0.2, 0.25) is 0 Å². The van der Waals surface area contributed by atoms with Gasteiger partial charge in [0.15, 0.2) is 5.69 Å². The molecule has 0 saturated carbocycles. The number of esters is 1. The van der Waals surface area contributed by atoms with Gasteiger partial charge in [0.1, 0.15) is 0 Å². The van der Waals surface area contributed by atoms with Crippen LogP contribution in [-0.2, 0) is 11.8 Å². The predicted molar refractivity (Wildman–Crippen MR) is 52.5 cm³/mol. The van der Waals surface area contributed by atoms with E-state index in [4.69, 9.17) is 9.26 Å². The van der Waals surface area contributed by atoms with E-state index >= 15 is 0 Å². The van der Waals surface area contributed by atoms with Crippen molar-refractivity contribution >= 4 is 5.97 Å². The Morgan fingerprint density at radius 2 is 2.44 bits per heavy atom. The van der Waals surface area contributed by atoms with Gasteiger partial charge in [-0.05, 0) is 18.1 Å². The first kappa shape index (κ1) is 10.3. The first-order valence-corrected chi connectivity index (χ1v) is 4.71. The fourth-order valence-corrected chi connectivity index (χ4v) is 1.14. The molecular formula is C9H10N4O3. The lowest BCUT2D eigenvalue weighted by molar-refractivity contribution is 0.0508. The molecule has 0 aliphatic rings. The smallest absolute Gasteiger partial charge is 0.379 e. The molecule has 0 aromatic carbocycles. The largest absolute Gasteiger partial charge is 0.460 e. The molecule has 84 valence electrons. The minimum atomic E-state index is -0.603. The lowest BCUT2D eigenvalue weighted by Crippen LogP contribution is -2.06. The first-order valence-electron chi connectivity index (χ1n) is 4.71. The number of hydrogen-bond acceptors (Lipinski definition) is 6. The van der Waals surface area contributed by atoms with Crippen molar-refractivity contribution in [2.45, 2.75) is 6.92 Å². The third-order valence-electron chi connectivity index (χ3n) is 1.82. The molecule has 0 spiro atoms. The Morgan fingerprint density at radius 1 is 1.62 bits per heavy atom. The number of aryl methyl sites for hydroxylation is 1. The quantitative estimate of drug-likeness (QED) is 0.709. The minimum Gasteiger partial charge on any atom is -0.460 e. The molecule has 0 aliphatic carbocycles. The van der Waals surface area contributed by atoms with Crippen molar-refractivity contribution in [3.8, 4) is 11.6 Å². The maximum atomic E-state index is 11.3. The van der Waals surface area contributed by atoms with Crippen LogP contribution in [0.25, 0.3) is 11.6 Å². The molecule has 2 aromatic heterocycles. The molecule has 0 N–H and O–H groups in total. The van der Waals surface area contributed by atoms with E-state index in [0.717, 1.165) is 0 Å². The molecule has 0 atom stereocenters. The lowest BCUT2D eigenvalue weighted by atomic mass is 10.4. The van der Waals surface area contributed by atoms with Crippen LogP contribution in [-0.4, -0.2) is 32.5 Å². The highest BCUT2D eigenvalue weighted by Crippen LogP contribution is 2.13. The summed E-state index contributed by atoms with van der Waals surface area (Å²) in [7, 11) is 1.77. The second kappa shape index (κ2) is 4.13. The molecule has 0 amide bonds. The molecule has 0 radical (unpaired) electrons. The van der Waals surface area contributed by atoms with Crippen LogP contribution in [0.1, 0.15) is 17.5 Å². The Bertz CT molecular complexity index is 502. The van der Waals surface area contributed by atoms with Gasteiger partial charge in [-0.1, -0.05) is 0 Å². The van der Waals surface area contributed by atoms with Crippen LogP contribution in [0.5, 0.6) is 0 Å². The van der Waals surface area contributed by atoms with Crippen LogP contribution in [0.3, 0.4) is 0 Å². The number of rotatable bonds is 3. The Morgan fingerprint density at radius 3 is 3.06 bits per heavy atom. The number of ether oxygens (including phenoxy) is 1. The molecule has 2 heterocycles. The molecule has 0 saturated heterocycles. The van der Waals surface area contributed by atoms with Gasteiger partial charge in [-0.2, -0.15) is 10.1 Å². The van der Waals surface area contributed by atoms with E-state index in [1.54, 1.807) is 30.9 Å². The highest BCUT2D eigenvalue weighted by atomic mass is 16.5. The summed E-state index contributed by atoms with van der Waals surface area (Å²) >= 11 is 0. The normalized spacial score (nSPS) is 10.4. The molecule has 2 rings (SSSR count). The zero-order chi connectivity index (χ0) is 11.5. The number of nitrogens with zero attached hydrogens (tertiary/aromatic N) is 4. The predicted octanol–water partition coefficient (Wildman–Crippen LogP) is 0.647. The van der Waals surface area contributed by atoms with Gasteiger partial charge in [0.2, 0.25) is 0 Å². The molecule has 0 aliphatic heterocycles. The standard InChI is InChI=1S/C9H10N4O3/c1-3-15-9(14)7-10-8(16-12-7)6-4-5-13(2)11-6/h4-5H,3H2,1-2H3. The molecule has 7 nitrogen and oxygen atoms in total. The van der Waals surface area contributed by atoms with Crippen LogP contribution in [0.15, 0.2) is 16.8 Å². The molecule has 16 heavy (non-hydrogen) atoms. The summed E-state index contributed by atoms with van der Waals surface area (Å²) in [6.07, 6.45) is 1.74. The topological polar surface area (TPSA) is 83.0 Å². The molecule has 2 aromatic rings. The molecule has 7 heteroatoms. The van der Waals surface area contributed by atoms with Gasteiger partial charge in [-0.15, -0.1) is 0 Å². The van der Waals surface area contributed by atoms with Crippen molar-refractivity contribution < 1.29 is 14.1 Å². The van der Waals surface area contributed by atoms with Crippen LogP contribution >= 0.6 is 0 Å². The maximum absolute atomic E-state index is 11.3. The van der Waals surface area contributed by atoms with Gasteiger partial charge in [0, 0.05) is 13.2 Å². The Balaban J connectivity index is 2.22. The van der Waals surface area contributed by atoms with Crippen molar-refractivity contribution in [3.63, 3.8) is 0 Å². The monoisotopic (exact) mass is 222 g/mol.